The van der Waals surface area contributed by atoms with Gasteiger partial charge in [-0.15, -0.1) is 0 Å². The molecule has 2 rings (SSSR count). The van der Waals surface area contributed by atoms with Crippen LogP contribution in [0.3, 0.4) is 0 Å². The predicted molar refractivity (Wildman–Crippen MR) is 80.2 cm³/mol. The lowest BCUT2D eigenvalue weighted by atomic mass is 10.0. The summed E-state index contributed by atoms with van der Waals surface area (Å²) in [4.78, 5) is 10.5. The average molecular weight is 319 g/mol. The third-order valence-corrected chi connectivity index (χ3v) is 3.69. The van der Waals surface area contributed by atoms with Crippen molar-refractivity contribution >= 4 is 21.9 Å². The topological polar surface area (TPSA) is 37.3 Å². The van der Waals surface area contributed by atoms with Crippen LogP contribution in [-0.4, -0.2) is 11.1 Å². The second-order valence-electron chi connectivity index (χ2n) is 4.42. The van der Waals surface area contributed by atoms with E-state index < -0.39 is 5.97 Å². The number of aryl methyl sites for hydroxylation is 1. The summed E-state index contributed by atoms with van der Waals surface area (Å²) in [5, 5.41) is 8.61. The van der Waals surface area contributed by atoms with Gasteiger partial charge in [0.1, 0.15) is 0 Å². The van der Waals surface area contributed by atoms with Gasteiger partial charge in [-0.1, -0.05) is 58.4 Å². The van der Waals surface area contributed by atoms with Gasteiger partial charge in [-0.05, 0) is 35.6 Å². The van der Waals surface area contributed by atoms with Crippen LogP contribution >= 0.6 is 15.9 Å². The molecule has 0 unspecified atom stereocenters. The molecule has 0 amide bonds. The number of carboxylic acid groups (broad SMARTS) is 1. The quantitative estimate of drug-likeness (QED) is 0.879. The molecule has 0 radical (unpaired) electrons. The van der Waals surface area contributed by atoms with Crippen LogP contribution in [0.1, 0.15) is 18.4 Å². The number of halogens is 1. The van der Waals surface area contributed by atoms with Crippen molar-refractivity contribution in [3.8, 4) is 11.1 Å². The number of aliphatic carboxylic acids is 1. The summed E-state index contributed by atoms with van der Waals surface area (Å²) in [7, 11) is 0. The largest absolute Gasteiger partial charge is 0.481 e. The zero-order chi connectivity index (χ0) is 13.7. The smallest absolute Gasteiger partial charge is 0.303 e. The van der Waals surface area contributed by atoms with Crippen LogP contribution in [0.2, 0.25) is 0 Å². The molecule has 19 heavy (non-hydrogen) atoms. The number of hydrogen-bond donors (Lipinski definition) is 1. The third kappa shape index (κ3) is 3.93. The second-order valence-corrected chi connectivity index (χ2v) is 5.28. The van der Waals surface area contributed by atoms with Crippen LogP contribution in [0.25, 0.3) is 11.1 Å². The summed E-state index contributed by atoms with van der Waals surface area (Å²) in [5.74, 6) is -0.732. The maximum atomic E-state index is 10.5. The minimum atomic E-state index is -0.732. The van der Waals surface area contributed by atoms with Crippen LogP contribution in [0.15, 0.2) is 53.0 Å². The summed E-state index contributed by atoms with van der Waals surface area (Å²) >= 11 is 3.54. The minimum absolute atomic E-state index is 0.228. The molecule has 0 spiro atoms. The van der Waals surface area contributed by atoms with Gasteiger partial charge in [-0.2, -0.15) is 0 Å². The minimum Gasteiger partial charge on any atom is -0.481 e. The lowest BCUT2D eigenvalue weighted by Crippen LogP contribution is -1.95. The highest BCUT2D eigenvalue weighted by molar-refractivity contribution is 9.10. The monoisotopic (exact) mass is 318 g/mol. The van der Waals surface area contributed by atoms with E-state index in [-0.39, 0.29) is 6.42 Å². The Hall–Kier alpha value is -1.61. The fraction of sp³-hybridized carbons (Fsp3) is 0.188. The van der Waals surface area contributed by atoms with E-state index in [0.717, 1.165) is 16.5 Å². The van der Waals surface area contributed by atoms with Crippen LogP contribution in [0.5, 0.6) is 0 Å². The van der Waals surface area contributed by atoms with Gasteiger partial charge in [-0.3, -0.25) is 4.79 Å². The van der Waals surface area contributed by atoms with E-state index in [1.165, 1.54) is 11.1 Å². The number of benzene rings is 2. The lowest BCUT2D eigenvalue weighted by molar-refractivity contribution is -0.137. The maximum Gasteiger partial charge on any atom is 0.303 e. The van der Waals surface area contributed by atoms with Gasteiger partial charge in [0.2, 0.25) is 0 Å². The van der Waals surface area contributed by atoms with Crippen molar-refractivity contribution < 1.29 is 9.90 Å². The molecule has 0 aliphatic rings. The van der Waals surface area contributed by atoms with E-state index in [0.29, 0.717) is 6.42 Å². The molecule has 2 aromatic rings. The van der Waals surface area contributed by atoms with Crippen LogP contribution < -0.4 is 0 Å². The fourth-order valence-corrected chi connectivity index (χ4v) is 2.50. The first-order valence-corrected chi connectivity index (χ1v) is 7.02. The summed E-state index contributed by atoms with van der Waals surface area (Å²) in [5.41, 5.74) is 3.51. The molecule has 0 bridgehead atoms. The van der Waals surface area contributed by atoms with Crippen molar-refractivity contribution in [1.29, 1.82) is 0 Å². The van der Waals surface area contributed by atoms with Gasteiger partial charge in [0.25, 0.3) is 0 Å². The van der Waals surface area contributed by atoms with Gasteiger partial charge in [0, 0.05) is 10.9 Å². The van der Waals surface area contributed by atoms with Gasteiger partial charge in [-0.25, -0.2) is 0 Å². The maximum absolute atomic E-state index is 10.5. The number of carbonyl (C=O) groups is 1. The molecule has 2 nitrogen and oxygen atoms in total. The van der Waals surface area contributed by atoms with Crippen LogP contribution in [-0.2, 0) is 11.2 Å². The first kappa shape index (κ1) is 13.8. The molecule has 0 saturated carbocycles. The van der Waals surface area contributed by atoms with Gasteiger partial charge in [0.05, 0.1) is 0 Å². The van der Waals surface area contributed by atoms with Crippen LogP contribution in [0.4, 0.5) is 0 Å². The summed E-state index contributed by atoms with van der Waals surface area (Å²) in [6.07, 6.45) is 1.72. The Labute approximate surface area is 121 Å². The molecule has 98 valence electrons. The standard InChI is InChI=1S/C16H15BrO2/c17-15-6-2-1-5-14(15)13-10-8-12(9-11-13)4-3-7-16(18)19/h1-2,5-6,8-11H,3-4,7H2,(H,18,19). The summed E-state index contributed by atoms with van der Waals surface area (Å²) in [6.45, 7) is 0. The predicted octanol–water partition coefficient (Wildman–Crippen LogP) is 4.52. The number of carboxylic acids is 1. The molecule has 0 saturated heterocycles. The highest BCUT2D eigenvalue weighted by atomic mass is 79.9. The first-order chi connectivity index (χ1) is 9.16. The molecule has 3 heteroatoms. The number of rotatable bonds is 5. The Morgan fingerprint density at radius 2 is 1.74 bits per heavy atom. The van der Waals surface area contributed by atoms with E-state index in [1.807, 2.05) is 18.2 Å². The SMILES string of the molecule is O=C(O)CCCc1ccc(-c2ccccc2Br)cc1. The van der Waals surface area contributed by atoms with Crippen molar-refractivity contribution in [3.63, 3.8) is 0 Å². The van der Waals surface area contributed by atoms with Crippen molar-refractivity contribution in [3.05, 3.63) is 58.6 Å². The molecule has 0 aromatic heterocycles. The van der Waals surface area contributed by atoms with E-state index in [2.05, 4.69) is 46.3 Å². The van der Waals surface area contributed by atoms with Gasteiger partial charge >= 0.3 is 5.97 Å². The third-order valence-electron chi connectivity index (χ3n) is 2.99. The second kappa shape index (κ2) is 6.53. The number of hydrogen-bond acceptors (Lipinski definition) is 1. The van der Waals surface area contributed by atoms with Crippen molar-refractivity contribution in [2.45, 2.75) is 19.3 Å². The van der Waals surface area contributed by atoms with Crippen LogP contribution in [0, 0.1) is 0 Å². The van der Waals surface area contributed by atoms with E-state index in [9.17, 15) is 4.79 Å². The summed E-state index contributed by atoms with van der Waals surface area (Å²) in [6, 6.07) is 16.4. The van der Waals surface area contributed by atoms with Crippen molar-refractivity contribution in [2.24, 2.45) is 0 Å². The normalized spacial score (nSPS) is 10.4. The Morgan fingerprint density at radius 3 is 2.37 bits per heavy atom. The first-order valence-electron chi connectivity index (χ1n) is 6.22. The van der Waals surface area contributed by atoms with Gasteiger partial charge < -0.3 is 5.11 Å². The Morgan fingerprint density at radius 1 is 1.05 bits per heavy atom. The molecular formula is C16H15BrO2. The van der Waals surface area contributed by atoms with Crippen molar-refractivity contribution in [1.82, 2.24) is 0 Å². The average Bonchev–Trinajstić information content (AvgIpc) is 2.40. The highest BCUT2D eigenvalue weighted by Crippen LogP contribution is 2.28. The Kier molecular flexibility index (Phi) is 4.74. The zero-order valence-corrected chi connectivity index (χ0v) is 12.1. The molecule has 2 aromatic carbocycles. The highest BCUT2D eigenvalue weighted by Gasteiger charge is 2.03. The zero-order valence-electron chi connectivity index (χ0n) is 10.5. The molecule has 0 atom stereocenters. The molecule has 1 N–H and O–H groups in total. The van der Waals surface area contributed by atoms with E-state index in [1.54, 1.807) is 0 Å². The van der Waals surface area contributed by atoms with E-state index in [4.69, 9.17) is 5.11 Å². The molecule has 0 heterocycles. The van der Waals surface area contributed by atoms with Gasteiger partial charge in [0.15, 0.2) is 0 Å². The Bertz CT molecular complexity index is 561. The lowest BCUT2D eigenvalue weighted by Gasteiger charge is -2.06. The summed E-state index contributed by atoms with van der Waals surface area (Å²) < 4.78 is 1.08. The van der Waals surface area contributed by atoms with E-state index >= 15 is 0 Å². The van der Waals surface area contributed by atoms with Crippen molar-refractivity contribution in [2.75, 3.05) is 0 Å². The molecule has 0 aliphatic carbocycles. The molecule has 0 aliphatic heterocycles. The molecule has 0 fully saturated rings. The molecular weight excluding hydrogens is 304 g/mol. The Balaban J connectivity index is 2.06. The fourth-order valence-electron chi connectivity index (χ4n) is 1.99.